The Labute approximate surface area is 175 Å². The summed E-state index contributed by atoms with van der Waals surface area (Å²) in [6.45, 7) is 1.52. The van der Waals surface area contributed by atoms with Crippen LogP contribution in [0.3, 0.4) is 0 Å². The van der Waals surface area contributed by atoms with E-state index in [0.717, 1.165) is 37.4 Å². The number of hydrogen-bond acceptors (Lipinski definition) is 6. The van der Waals surface area contributed by atoms with Gasteiger partial charge >= 0.3 is 0 Å². The van der Waals surface area contributed by atoms with Crippen molar-refractivity contribution in [3.05, 3.63) is 48.5 Å². The Morgan fingerprint density at radius 3 is 2.70 bits per heavy atom. The molecule has 1 N–H and O–H groups in total. The van der Waals surface area contributed by atoms with Crippen LogP contribution in [0.15, 0.2) is 43.0 Å². The van der Waals surface area contributed by atoms with Crippen LogP contribution in [-0.4, -0.2) is 62.7 Å². The number of aryl methyl sites for hydroxylation is 1. The number of methoxy groups -OCH3 is 1. The van der Waals surface area contributed by atoms with Crippen molar-refractivity contribution < 1.29 is 9.53 Å². The zero-order valence-corrected chi connectivity index (χ0v) is 17.2. The van der Waals surface area contributed by atoms with Gasteiger partial charge in [-0.05, 0) is 42.9 Å². The molecule has 30 heavy (non-hydrogen) atoms. The molecule has 0 bridgehead atoms. The van der Waals surface area contributed by atoms with E-state index < -0.39 is 0 Å². The number of rotatable bonds is 4. The molecular formula is C22H26N6O2. The van der Waals surface area contributed by atoms with E-state index in [4.69, 9.17) is 4.74 Å². The smallest absolute Gasteiger partial charge is 0.256 e. The van der Waals surface area contributed by atoms with Gasteiger partial charge in [0.25, 0.3) is 5.91 Å². The van der Waals surface area contributed by atoms with Crippen LogP contribution in [0.5, 0.6) is 0 Å². The van der Waals surface area contributed by atoms with Gasteiger partial charge in [0, 0.05) is 39.6 Å². The molecular weight excluding hydrogens is 380 g/mol. The Hall–Kier alpha value is -3.00. The lowest BCUT2D eigenvalue weighted by Crippen LogP contribution is -2.44. The first-order chi connectivity index (χ1) is 14.6. The molecule has 1 saturated heterocycles. The summed E-state index contributed by atoms with van der Waals surface area (Å²) in [6.07, 6.45) is 7.18. The number of aromatic nitrogens is 4. The van der Waals surface area contributed by atoms with Gasteiger partial charge in [0.1, 0.15) is 11.3 Å². The lowest BCUT2D eigenvalue weighted by atomic mass is 9.77. The van der Waals surface area contributed by atoms with Crippen LogP contribution in [0.2, 0.25) is 0 Å². The van der Waals surface area contributed by atoms with Crippen LogP contribution in [0.1, 0.15) is 23.2 Å². The van der Waals surface area contributed by atoms with E-state index in [1.165, 1.54) is 0 Å². The number of hydrogen-bond donors (Lipinski definition) is 1. The third-order valence-corrected chi connectivity index (χ3v) is 6.53. The minimum Gasteiger partial charge on any atom is -0.379 e. The fraction of sp³-hybridized carbons (Fsp3) is 0.455. The van der Waals surface area contributed by atoms with Crippen molar-refractivity contribution in [2.75, 3.05) is 25.5 Å². The number of nitrogens with zero attached hydrogens (tertiary/aromatic N) is 5. The van der Waals surface area contributed by atoms with Gasteiger partial charge in [0.05, 0.1) is 24.0 Å². The predicted molar refractivity (Wildman–Crippen MR) is 113 cm³/mol. The molecule has 4 atom stereocenters. The van der Waals surface area contributed by atoms with Gasteiger partial charge in [0.2, 0.25) is 0 Å². The zero-order valence-electron chi connectivity index (χ0n) is 17.2. The topological polar surface area (TPSA) is 85.2 Å². The summed E-state index contributed by atoms with van der Waals surface area (Å²) in [5, 5.41) is 3.54. The highest BCUT2D eigenvalue weighted by atomic mass is 16.5. The molecule has 0 unspecified atom stereocenters. The molecule has 3 aromatic rings. The molecule has 0 radical (unpaired) electrons. The first kappa shape index (κ1) is 19.0. The number of likely N-dealkylation sites (tertiary alicyclic amines) is 1. The zero-order chi connectivity index (χ0) is 20.7. The average Bonchev–Trinajstić information content (AvgIpc) is 3.36. The fourth-order valence-corrected chi connectivity index (χ4v) is 5.00. The maximum absolute atomic E-state index is 13.3. The van der Waals surface area contributed by atoms with Gasteiger partial charge in [-0.25, -0.2) is 15.0 Å². The number of pyridine rings is 2. The Balaban J connectivity index is 1.33. The minimum atomic E-state index is 0.0405. The molecule has 1 aliphatic carbocycles. The first-order valence-corrected chi connectivity index (χ1v) is 10.4. The van der Waals surface area contributed by atoms with Crippen molar-refractivity contribution in [1.82, 2.24) is 24.4 Å². The number of anilines is 1. The molecule has 2 aliphatic rings. The maximum Gasteiger partial charge on any atom is 0.256 e. The number of fused-ring (bicyclic) bond motifs is 2. The van der Waals surface area contributed by atoms with E-state index in [0.29, 0.717) is 22.9 Å². The van der Waals surface area contributed by atoms with E-state index in [1.54, 1.807) is 31.9 Å². The van der Waals surface area contributed by atoms with Crippen molar-refractivity contribution >= 4 is 22.9 Å². The molecule has 1 aliphatic heterocycles. The molecule has 3 aromatic heterocycles. The van der Waals surface area contributed by atoms with Crippen LogP contribution < -0.4 is 5.32 Å². The van der Waals surface area contributed by atoms with Crippen LogP contribution >= 0.6 is 0 Å². The van der Waals surface area contributed by atoms with Gasteiger partial charge < -0.3 is 19.5 Å². The number of imidazole rings is 1. The van der Waals surface area contributed by atoms with Gasteiger partial charge in [-0.2, -0.15) is 0 Å². The molecule has 0 aromatic carbocycles. The number of amides is 1. The second kappa shape index (κ2) is 7.68. The summed E-state index contributed by atoms with van der Waals surface area (Å²) in [5.41, 5.74) is 2.03. The van der Waals surface area contributed by atoms with Crippen LogP contribution in [0.25, 0.3) is 11.2 Å². The highest BCUT2D eigenvalue weighted by Gasteiger charge is 2.44. The van der Waals surface area contributed by atoms with Crippen LogP contribution in [0, 0.1) is 11.8 Å². The van der Waals surface area contributed by atoms with E-state index >= 15 is 0 Å². The fourth-order valence-electron chi connectivity index (χ4n) is 5.00. The molecule has 8 nitrogen and oxygen atoms in total. The van der Waals surface area contributed by atoms with E-state index in [2.05, 4.69) is 20.3 Å². The molecule has 1 amide bonds. The van der Waals surface area contributed by atoms with Gasteiger partial charge in [0.15, 0.2) is 5.65 Å². The second-order valence-corrected chi connectivity index (χ2v) is 8.33. The summed E-state index contributed by atoms with van der Waals surface area (Å²) in [4.78, 5) is 28.5. The van der Waals surface area contributed by atoms with Gasteiger partial charge in [-0.1, -0.05) is 6.07 Å². The van der Waals surface area contributed by atoms with Crippen molar-refractivity contribution in [2.45, 2.75) is 25.0 Å². The lowest BCUT2D eigenvalue weighted by molar-refractivity contribution is 0.0304. The number of ether oxygens (including phenoxy) is 1. The SMILES string of the molecule is CO[C@@H]1C[C@H]2CN(C(=O)c3ccnc4c3ncn4C)C[C@H]2C[C@H]1Nc1ccccn1. The third-order valence-electron chi connectivity index (χ3n) is 6.53. The number of nitrogens with one attached hydrogen (secondary N) is 1. The molecule has 5 rings (SSSR count). The van der Waals surface area contributed by atoms with Crippen LogP contribution in [-0.2, 0) is 11.8 Å². The molecule has 8 heteroatoms. The standard InChI is InChI=1S/C22H26N6O2/c1-27-13-25-20-16(6-8-24-21(20)27)22(29)28-11-14-9-17(18(30-2)10-15(14)12-28)26-19-5-3-4-7-23-19/h3-8,13-15,17-18H,9-12H2,1-2H3,(H,23,26)/t14-,15+,17-,18-/m1/s1. The van der Waals surface area contributed by atoms with E-state index in [1.807, 2.05) is 34.7 Å². The maximum atomic E-state index is 13.3. The first-order valence-electron chi connectivity index (χ1n) is 10.4. The summed E-state index contributed by atoms with van der Waals surface area (Å²) in [7, 11) is 3.66. The highest BCUT2D eigenvalue weighted by Crippen LogP contribution is 2.39. The van der Waals surface area contributed by atoms with Gasteiger partial charge in [-0.15, -0.1) is 0 Å². The van der Waals surface area contributed by atoms with Crippen molar-refractivity contribution in [1.29, 1.82) is 0 Å². The number of carbonyl (C=O) groups excluding carboxylic acids is 1. The van der Waals surface area contributed by atoms with E-state index in [-0.39, 0.29) is 18.1 Å². The molecule has 0 spiro atoms. The average molecular weight is 406 g/mol. The largest absolute Gasteiger partial charge is 0.379 e. The number of carbonyl (C=O) groups is 1. The summed E-state index contributed by atoms with van der Waals surface area (Å²) in [6, 6.07) is 7.83. The summed E-state index contributed by atoms with van der Waals surface area (Å²) < 4.78 is 7.65. The normalized spacial score (nSPS) is 26.0. The van der Waals surface area contributed by atoms with Gasteiger partial charge in [-0.3, -0.25) is 4.79 Å². The molecule has 156 valence electrons. The Morgan fingerprint density at radius 2 is 1.93 bits per heavy atom. The second-order valence-electron chi connectivity index (χ2n) is 8.33. The lowest BCUT2D eigenvalue weighted by Gasteiger charge is -2.37. The van der Waals surface area contributed by atoms with E-state index in [9.17, 15) is 4.79 Å². The monoisotopic (exact) mass is 406 g/mol. The Kier molecular flexibility index (Phi) is 4.86. The third kappa shape index (κ3) is 3.31. The van der Waals surface area contributed by atoms with Crippen LogP contribution in [0.4, 0.5) is 5.82 Å². The Morgan fingerprint density at radius 1 is 1.10 bits per heavy atom. The minimum absolute atomic E-state index is 0.0405. The molecule has 4 heterocycles. The Bertz CT molecular complexity index is 1050. The molecule has 2 fully saturated rings. The summed E-state index contributed by atoms with van der Waals surface area (Å²) >= 11 is 0. The quantitative estimate of drug-likeness (QED) is 0.716. The van der Waals surface area contributed by atoms with Crippen molar-refractivity contribution in [3.63, 3.8) is 0 Å². The predicted octanol–water partition coefficient (Wildman–Crippen LogP) is 2.34. The highest BCUT2D eigenvalue weighted by molar-refractivity contribution is 6.04. The van der Waals surface area contributed by atoms with Crippen molar-refractivity contribution in [2.24, 2.45) is 18.9 Å². The summed E-state index contributed by atoms with van der Waals surface area (Å²) in [5.74, 6) is 1.80. The molecule has 1 saturated carbocycles. The van der Waals surface area contributed by atoms with Crippen molar-refractivity contribution in [3.8, 4) is 0 Å².